The molecule has 0 unspecified atom stereocenters. The van der Waals surface area contributed by atoms with Crippen molar-refractivity contribution in [1.82, 2.24) is 15.1 Å². The van der Waals surface area contributed by atoms with E-state index in [0.29, 0.717) is 5.82 Å². The molecule has 1 aromatic rings. The third kappa shape index (κ3) is 5.25. The number of nitrogens with zero attached hydrogens (tertiary/aromatic N) is 2. The van der Waals surface area contributed by atoms with Gasteiger partial charge < -0.3 is 15.4 Å². The van der Waals surface area contributed by atoms with Crippen LogP contribution in [0.3, 0.4) is 0 Å². The van der Waals surface area contributed by atoms with E-state index >= 15 is 0 Å². The Morgan fingerprint density at radius 2 is 2.08 bits per heavy atom. The lowest BCUT2D eigenvalue weighted by molar-refractivity contribution is -0.114. The fourth-order valence-electron chi connectivity index (χ4n) is 3.13. The van der Waals surface area contributed by atoms with Gasteiger partial charge in [0.05, 0.1) is 19.1 Å². The number of ether oxygens (including phenoxy) is 1. The van der Waals surface area contributed by atoms with Crippen molar-refractivity contribution >= 4 is 25.7 Å². The summed E-state index contributed by atoms with van der Waals surface area (Å²) in [5, 5.41) is 10.3. The minimum absolute atomic E-state index is 0.0518. The lowest BCUT2D eigenvalue weighted by Gasteiger charge is -2.22. The maximum Gasteiger partial charge on any atom is 0.407 e. The van der Waals surface area contributed by atoms with E-state index in [9.17, 15) is 9.59 Å². The summed E-state index contributed by atoms with van der Waals surface area (Å²) in [6.07, 6.45) is 1.88. The van der Waals surface area contributed by atoms with Gasteiger partial charge in [0.15, 0.2) is 0 Å². The molecule has 1 heterocycles. The molecule has 7 nitrogen and oxygen atoms in total. The fourth-order valence-corrected chi connectivity index (χ4v) is 3.13. The quantitative estimate of drug-likeness (QED) is 0.791. The summed E-state index contributed by atoms with van der Waals surface area (Å²) in [5.41, 5.74) is 0.629. The second-order valence-electron chi connectivity index (χ2n) is 8.13. The predicted octanol–water partition coefficient (Wildman–Crippen LogP) is 2.93. The molecule has 1 saturated carbocycles. The molecule has 2 atom stereocenters. The summed E-state index contributed by atoms with van der Waals surface area (Å²) in [6, 6.07) is 1.95. The van der Waals surface area contributed by atoms with Crippen LogP contribution in [0.1, 0.15) is 65.5 Å². The Hall–Kier alpha value is -1.99. The summed E-state index contributed by atoms with van der Waals surface area (Å²) in [6.45, 7) is 9.88. The highest BCUT2D eigenvalue weighted by molar-refractivity contribution is 6.22. The monoisotopic (exact) mass is 360 g/mol. The van der Waals surface area contributed by atoms with Crippen LogP contribution in [0.2, 0.25) is 6.32 Å². The molecule has 1 aliphatic rings. The number of alkyl carbamates (subject to hydrolysis) is 1. The Kier molecular flexibility index (Phi) is 6.37. The van der Waals surface area contributed by atoms with Crippen molar-refractivity contribution in [1.29, 1.82) is 0 Å². The van der Waals surface area contributed by atoms with Crippen LogP contribution in [0.5, 0.6) is 0 Å². The molecule has 0 bridgehead atoms. The topological polar surface area (TPSA) is 85.2 Å². The average Bonchev–Trinajstić information content (AvgIpc) is 3.12. The van der Waals surface area contributed by atoms with E-state index in [0.717, 1.165) is 25.0 Å². The highest BCUT2D eigenvalue weighted by Gasteiger charge is 2.32. The van der Waals surface area contributed by atoms with Crippen molar-refractivity contribution in [3.05, 3.63) is 11.8 Å². The first-order valence-corrected chi connectivity index (χ1v) is 9.17. The van der Waals surface area contributed by atoms with Gasteiger partial charge in [-0.2, -0.15) is 5.10 Å². The zero-order chi connectivity index (χ0) is 19.5. The van der Waals surface area contributed by atoms with Crippen LogP contribution < -0.4 is 10.6 Å². The SMILES string of the molecule is [B]CC(=O)Nc1cc([C@H]2CC[C@@H](OC(=O)NC(C)C)C2)nn1C(C)(C)C. The molecule has 0 aromatic carbocycles. The lowest BCUT2D eigenvalue weighted by Crippen LogP contribution is -2.33. The number of carbonyl (C=O) groups is 2. The fraction of sp³-hybridized carbons (Fsp3) is 0.722. The second-order valence-corrected chi connectivity index (χ2v) is 8.13. The van der Waals surface area contributed by atoms with Gasteiger partial charge in [-0.1, -0.05) is 0 Å². The average molecular weight is 360 g/mol. The van der Waals surface area contributed by atoms with Gasteiger partial charge in [0.1, 0.15) is 11.9 Å². The normalized spacial score (nSPS) is 20.2. The first-order valence-electron chi connectivity index (χ1n) is 9.17. The zero-order valence-corrected chi connectivity index (χ0v) is 16.3. The van der Waals surface area contributed by atoms with Crippen molar-refractivity contribution in [3.8, 4) is 0 Å². The first-order chi connectivity index (χ1) is 12.1. The molecule has 26 heavy (non-hydrogen) atoms. The molecular formula is C18H29BN4O3. The van der Waals surface area contributed by atoms with Crippen LogP contribution in [0.15, 0.2) is 6.07 Å². The standard InChI is InChI=1S/C18H29BN4O3/c1-11(2)20-17(25)26-13-7-6-12(8-13)14-9-15(21-16(24)10-19)23(22-14)18(3,4)5/h9,11-13H,6-8,10H2,1-5H3,(H,20,25)(H,21,24)/t12-,13+/m0/s1. The van der Waals surface area contributed by atoms with Crippen molar-refractivity contribution in [2.45, 2.75) is 83.8 Å². The van der Waals surface area contributed by atoms with Gasteiger partial charge in [0.2, 0.25) is 5.91 Å². The number of rotatable bonds is 5. The molecule has 0 saturated heterocycles. The Morgan fingerprint density at radius 1 is 1.38 bits per heavy atom. The molecule has 1 aromatic heterocycles. The smallest absolute Gasteiger partial charge is 0.407 e. The number of aromatic nitrogens is 2. The molecule has 0 aliphatic heterocycles. The number of hydrogen-bond donors (Lipinski definition) is 2. The lowest BCUT2D eigenvalue weighted by atomic mass is 10.0. The van der Waals surface area contributed by atoms with E-state index in [1.54, 1.807) is 0 Å². The summed E-state index contributed by atoms with van der Waals surface area (Å²) in [7, 11) is 5.41. The van der Waals surface area contributed by atoms with Gasteiger partial charge in [0, 0.05) is 18.0 Å². The number of carbonyl (C=O) groups excluding carboxylic acids is 2. The molecule has 142 valence electrons. The third-order valence-corrected chi connectivity index (χ3v) is 4.30. The van der Waals surface area contributed by atoms with E-state index in [1.807, 2.05) is 45.4 Å². The molecule has 8 heteroatoms. The van der Waals surface area contributed by atoms with Gasteiger partial charge in [-0.15, -0.1) is 0 Å². The van der Waals surface area contributed by atoms with Crippen molar-refractivity contribution in [2.24, 2.45) is 0 Å². The first kappa shape index (κ1) is 20.3. The Morgan fingerprint density at radius 3 is 2.65 bits per heavy atom. The van der Waals surface area contributed by atoms with E-state index in [4.69, 9.17) is 17.7 Å². The summed E-state index contributed by atoms with van der Waals surface area (Å²) >= 11 is 0. The van der Waals surface area contributed by atoms with Gasteiger partial charge in [-0.25, -0.2) is 9.48 Å². The van der Waals surface area contributed by atoms with Crippen LogP contribution in [-0.4, -0.2) is 41.8 Å². The van der Waals surface area contributed by atoms with Crippen LogP contribution in [0, 0.1) is 0 Å². The minimum atomic E-state index is -0.373. The van der Waals surface area contributed by atoms with E-state index in [1.165, 1.54) is 0 Å². The second kappa shape index (κ2) is 8.14. The third-order valence-electron chi connectivity index (χ3n) is 4.30. The maximum atomic E-state index is 11.8. The largest absolute Gasteiger partial charge is 0.446 e. The van der Waals surface area contributed by atoms with Gasteiger partial charge in [0.25, 0.3) is 0 Å². The molecule has 1 fully saturated rings. The number of hydrogen-bond acceptors (Lipinski definition) is 4. The molecule has 2 amide bonds. The number of nitrogens with one attached hydrogen (secondary N) is 2. The highest BCUT2D eigenvalue weighted by atomic mass is 16.6. The maximum absolute atomic E-state index is 11.8. The summed E-state index contributed by atoms with van der Waals surface area (Å²) in [5.74, 6) is 0.591. The molecule has 0 spiro atoms. The van der Waals surface area contributed by atoms with E-state index < -0.39 is 0 Å². The summed E-state index contributed by atoms with van der Waals surface area (Å²) in [4.78, 5) is 23.5. The van der Waals surface area contributed by atoms with Gasteiger partial charge >= 0.3 is 6.09 Å². The van der Waals surface area contributed by atoms with Crippen LogP contribution >= 0.6 is 0 Å². The molecule has 2 rings (SSSR count). The molecule has 2 N–H and O–H groups in total. The van der Waals surface area contributed by atoms with Crippen LogP contribution in [0.25, 0.3) is 0 Å². The minimum Gasteiger partial charge on any atom is -0.446 e. The number of anilines is 1. The Labute approximate surface area is 156 Å². The zero-order valence-electron chi connectivity index (χ0n) is 16.3. The van der Waals surface area contributed by atoms with Crippen molar-refractivity contribution in [3.63, 3.8) is 0 Å². The highest BCUT2D eigenvalue weighted by Crippen LogP contribution is 2.37. The molecule has 2 radical (unpaired) electrons. The van der Waals surface area contributed by atoms with Crippen LogP contribution in [0.4, 0.5) is 10.6 Å². The van der Waals surface area contributed by atoms with Crippen molar-refractivity contribution in [2.75, 3.05) is 5.32 Å². The van der Waals surface area contributed by atoms with Gasteiger partial charge in [-0.05, 0) is 60.2 Å². The Balaban J connectivity index is 2.09. The Bertz CT molecular complexity index is 651. The number of amides is 2. The van der Waals surface area contributed by atoms with Gasteiger partial charge in [-0.3, -0.25) is 4.79 Å². The predicted molar refractivity (Wildman–Crippen MR) is 102 cm³/mol. The van der Waals surface area contributed by atoms with E-state index in [2.05, 4.69) is 10.6 Å². The summed E-state index contributed by atoms with van der Waals surface area (Å²) < 4.78 is 7.30. The van der Waals surface area contributed by atoms with E-state index in [-0.39, 0.29) is 41.9 Å². The van der Waals surface area contributed by atoms with Crippen LogP contribution in [-0.2, 0) is 15.1 Å². The van der Waals surface area contributed by atoms with Crippen molar-refractivity contribution < 1.29 is 14.3 Å². The molecular weight excluding hydrogens is 331 g/mol. The molecule has 1 aliphatic carbocycles.